The predicted octanol–water partition coefficient (Wildman–Crippen LogP) is 2.32. The molecule has 0 spiro atoms. The first-order chi connectivity index (χ1) is 13.8. The van der Waals surface area contributed by atoms with E-state index >= 15 is 0 Å². The summed E-state index contributed by atoms with van der Waals surface area (Å²) < 4.78 is 4.01. The normalized spacial score (nSPS) is 18.1. The van der Waals surface area contributed by atoms with E-state index in [0.717, 1.165) is 61.0 Å². The number of rotatable bonds is 5. The van der Waals surface area contributed by atoms with Gasteiger partial charge in [0.05, 0.1) is 17.6 Å². The second kappa shape index (κ2) is 7.20. The first-order valence-corrected chi connectivity index (χ1v) is 9.78. The maximum Gasteiger partial charge on any atom is 0.154 e. The molecular formula is C20H24N8. The van der Waals surface area contributed by atoms with E-state index in [9.17, 15) is 0 Å². The van der Waals surface area contributed by atoms with Crippen molar-refractivity contribution < 1.29 is 0 Å². The third-order valence-electron chi connectivity index (χ3n) is 5.54. The molecule has 1 atom stereocenters. The second-order valence-electron chi connectivity index (χ2n) is 7.51. The Morgan fingerprint density at radius 3 is 2.93 bits per heavy atom. The fourth-order valence-corrected chi connectivity index (χ4v) is 4.11. The topological polar surface area (TPSA) is 80.4 Å². The molecule has 4 heterocycles. The van der Waals surface area contributed by atoms with E-state index in [1.165, 1.54) is 0 Å². The molecular weight excluding hydrogens is 352 g/mol. The Balaban J connectivity index is 1.29. The first kappa shape index (κ1) is 17.1. The Kier molecular flexibility index (Phi) is 4.40. The lowest BCUT2D eigenvalue weighted by Gasteiger charge is -2.31. The number of para-hydroxylation sites is 2. The quantitative estimate of drug-likeness (QED) is 0.578. The molecule has 1 aromatic carbocycles. The van der Waals surface area contributed by atoms with Crippen LogP contribution >= 0.6 is 0 Å². The van der Waals surface area contributed by atoms with Crippen LogP contribution < -0.4 is 0 Å². The Labute approximate surface area is 163 Å². The van der Waals surface area contributed by atoms with Gasteiger partial charge in [0.15, 0.2) is 5.82 Å². The van der Waals surface area contributed by atoms with Crippen molar-refractivity contribution in [2.45, 2.75) is 31.8 Å². The van der Waals surface area contributed by atoms with E-state index in [1.54, 1.807) is 6.20 Å². The molecule has 1 aliphatic rings. The number of nitrogens with one attached hydrogen (secondary N) is 1. The van der Waals surface area contributed by atoms with Crippen LogP contribution in [0.5, 0.6) is 0 Å². The Bertz CT molecular complexity index is 1030. The summed E-state index contributed by atoms with van der Waals surface area (Å²) in [6.07, 6.45) is 6.04. The first-order valence-electron chi connectivity index (χ1n) is 9.78. The molecule has 8 nitrogen and oxygen atoms in total. The number of fused-ring (bicyclic) bond motifs is 1. The van der Waals surface area contributed by atoms with Gasteiger partial charge in [0.25, 0.3) is 0 Å². The highest BCUT2D eigenvalue weighted by molar-refractivity contribution is 5.74. The summed E-state index contributed by atoms with van der Waals surface area (Å²) in [5.74, 6) is 3.42. The number of likely N-dealkylation sites (tertiary alicyclic amines) is 1. The number of H-pyrrole nitrogens is 1. The van der Waals surface area contributed by atoms with Crippen LogP contribution in [-0.2, 0) is 20.1 Å². The molecule has 3 aromatic heterocycles. The minimum Gasteiger partial charge on any atom is -0.341 e. The second-order valence-corrected chi connectivity index (χ2v) is 7.51. The van der Waals surface area contributed by atoms with Gasteiger partial charge >= 0.3 is 0 Å². The van der Waals surface area contributed by atoms with Crippen LogP contribution in [0.4, 0.5) is 0 Å². The number of aromatic amines is 1. The minimum absolute atomic E-state index is 0.391. The van der Waals surface area contributed by atoms with Crippen LogP contribution in [-0.4, -0.2) is 52.5 Å². The van der Waals surface area contributed by atoms with E-state index in [1.807, 2.05) is 29.1 Å². The fourth-order valence-electron chi connectivity index (χ4n) is 4.11. The average molecular weight is 376 g/mol. The Hall–Kier alpha value is -3.00. The van der Waals surface area contributed by atoms with Crippen molar-refractivity contribution >= 4 is 11.0 Å². The van der Waals surface area contributed by atoms with Crippen LogP contribution in [0, 0.1) is 0 Å². The molecule has 0 bridgehead atoms. The van der Waals surface area contributed by atoms with Crippen molar-refractivity contribution in [1.29, 1.82) is 0 Å². The highest BCUT2D eigenvalue weighted by Gasteiger charge is 2.26. The van der Waals surface area contributed by atoms with E-state index in [-0.39, 0.29) is 0 Å². The van der Waals surface area contributed by atoms with Crippen molar-refractivity contribution in [1.82, 2.24) is 39.4 Å². The van der Waals surface area contributed by atoms with Crippen LogP contribution in [0.3, 0.4) is 0 Å². The molecule has 0 unspecified atom stereocenters. The SMILES string of the molecule is Cn1c(Cn2cccn2)nnc1[C@H]1CCCN(Cc2nc3ccccc3[nH]2)C1. The lowest BCUT2D eigenvalue weighted by Crippen LogP contribution is -2.35. The van der Waals surface area contributed by atoms with Gasteiger partial charge in [-0.2, -0.15) is 5.10 Å². The highest BCUT2D eigenvalue weighted by atomic mass is 15.3. The van der Waals surface area contributed by atoms with Crippen LogP contribution in [0.2, 0.25) is 0 Å². The molecule has 1 fully saturated rings. The third-order valence-corrected chi connectivity index (χ3v) is 5.54. The molecule has 28 heavy (non-hydrogen) atoms. The van der Waals surface area contributed by atoms with Gasteiger partial charge < -0.3 is 9.55 Å². The molecule has 144 valence electrons. The number of piperidine rings is 1. The minimum atomic E-state index is 0.391. The molecule has 1 aliphatic heterocycles. The van der Waals surface area contributed by atoms with Gasteiger partial charge in [-0.3, -0.25) is 9.58 Å². The third kappa shape index (κ3) is 3.31. The maximum absolute atomic E-state index is 4.73. The number of nitrogens with zero attached hydrogens (tertiary/aromatic N) is 7. The molecule has 5 rings (SSSR count). The number of hydrogen-bond donors (Lipinski definition) is 1. The van der Waals surface area contributed by atoms with Crippen molar-refractivity contribution in [2.24, 2.45) is 7.05 Å². The maximum atomic E-state index is 4.73. The van der Waals surface area contributed by atoms with Gasteiger partial charge in [0, 0.05) is 31.9 Å². The van der Waals surface area contributed by atoms with E-state index in [4.69, 9.17) is 4.98 Å². The van der Waals surface area contributed by atoms with Gasteiger partial charge in [0.1, 0.15) is 18.2 Å². The van der Waals surface area contributed by atoms with E-state index < -0.39 is 0 Å². The molecule has 0 aliphatic carbocycles. The molecule has 0 saturated carbocycles. The summed E-state index contributed by atoms with van der Waals surface area (Å²) in [6.45, 7) is 3.55. The monoisotopic (exact) mass is 376 g/mol. The largest absolute Gasteiger partial charge is 0.341 e. The zero-order chi connectivity index (χ0) is 18.9. The summed E-state index contributed by atoms with van der Waals surface area (Å²) in [5, 5.41) is 13.2. The molecule has 0 amide bonds. The van der Waals surface area contributed by atoms with Gasteiger partial charge in [-0.1, -0.05) is 12.1 Å². The van der Waals surface area contributed by atoms with Gasteiger partial charge in [-0.15, -0.1) is 10.2 Å². The molecule has 8 heteroatoms. The molecule has 1 N–H and O–H groups in total. The highest BCUT2D eigenvalue weighted by Crippen LogP contribution is 2.27. The van der Waals surface area contributed by atoms with Crippen LogP contribution in [0.25, 0.3) is 11.0 Å². The zero-order valence-corrected chi connectivity index (χ0v) is 16.0. The van der Waals surface area contributed by atoms with Crippen molar-refractivity contribution in [3.8, 4) is 0 Å². The van der Waals surface area contributed by atoms with Crippen LogP contribution in [0.1, 0.15) is 36.2 Å². The van der Waals surface area contributed by atoms with Crippen LogP contribution in [0.15, 0.2) is 42.7 Å². The lowest BCUT2D eigenvalue weighted by molar-refractivity contribution is 0.191. The Morgan fingerprint density at radius 1 is 1.14 bits per heavy atom. The molecule has 4 aromatic rings. The standard InChI is InChI=1S/C20H24N8/c1-26-19(14-28-11-5-9-21-28)24-25-20(26)15-6-4-10-27(12-15)13-18-22-16-7-2-3-8-17(16)23-18/h2-3,5,7-9,11,15H,4,6,10,12-14H2,1H3,(H,22,23)/t15-/m0/s1. The number of benzene rings is 1. The lowest BCUT2D eigenvalue weighted by atomic mass is 9.97. The summed E-state index contributed by atoms with van der Waals surface area (Å²) in [7, 11) is 2.06. The van der Waals surface area contributed by atoms with Crippen molar-refractivity contribution in [3.05, 3.63) is 60.2 Å². The molecule has 0 radical (unpaired) electrons. The van der Waals surface area contributed by atoms with Gasteiger partial charge in [-0.05, 0) is 37.6 Å². The summed E-state index contributed by atoms with van der Waals surface area (Å²) >= 11 is 0. The fraction of sp³-hybridized carbons (Fsp3) is 0.400. The van der Waals surface area contributed by atoms with Crippen molar-refractivity contribution in [2.75, 3.05) is 13.1 Å². The van der Waals surface area contributed by atoms with E-state index in [2.05, 4.69) is 48.9 Å². The summed E-state index contributed by atoms with van der Waals surface area (Å²) in [5.41, 5.74) is 2.13. The van der Waals surface area contributed by atoms with Gasteiger partial charge in [-0.25, -0.2) is 4.98 Å². The Morgan fingerprint density at radius 2 is 2.07 bits per heavy atom. The predicted molar refractivity (Wildman–Crippen MR) is 106 cm³/mol. The average Bonchev–Trinajstić information content (AvgIpc) is 3.43. The van der Waals surface area contributed by atoms with Crippen molar-refractivity contribution in [3.63, 3.8) is 0 Å². The number of imidazole rings is 1. The van der Waals surface area contributed by atoms with E-state index in [0.29, 0.717) is 12.5 Å². The molecule has 1 saturated heterocycles. The zero-order valence-electron chi connectivity index (χ0n) is 16.0. The smallest absolute Gasteiger partial charge is 0.154 e. The summed E-state index contributed by atoms with van der Waals surface area (Å²) in [4.78, 5) is 10.6. The number of hydrogen-bond acceptors (Lipinski definition) is 5. The number of aromatic nitrogens is 7. The summed E-state index contributed by atoms with van der Waals surface area (Å²) in [6, 6.07) is 10.1. The van der Waals surface area contributed by atoms with Gasteiger partial charge in [0.2, 0.25) is 0 Å².